The average Bonchev–Trinajstić information content (AvgIpc) is 3.01. The fourth-order valence-corrected chi connectivity index (χ4v) is 5.84. The molecule has 0 bridgehead atoms. The van der Waals surface area contributed by atoms with E-state index in [9.17, 15) is 9.59 Å². The smallest absolute Gasteiger partial charge is 0.331 e. The molecule has 266 valence electrons. The van der Waals surface area contributed by atoms with Gasteiger partial charge in [-0.2, -0.15) is 0 Å². The number of cyclic esters (lactones) is 2. The normalized spacial score (nSPS) is 15.6. The first-order valence-electron chi connectivity index (χ1n) is 18.2. The van der Waals surface area contributed by atoms with Crippen LogP contribution in [0.5, 0.6) is 5.75 Å². The molecule has 0 amide bonds. The quantitative estimate of drug-likeness (QED) is 0.0459. The first-order valence-corrected chi connectivity index (χ1v) is 18.2. The third-order valence-electron chi connectivity index (χ3n) is 8.79. The Morgan fingerprint density at radius 3 is 2.02 bits per heavy atom. The van der Waals surface area contributed by atoms with Gasteiger partial charge in [0, 0.05) is 46.7 Å². The fourth-order valence-electron chi connectivity index (χ4n) is 5.84. The number of carbonyl (C=O) groups is 2. The summed E-state index contributed by atoms with van der Waals surface area (Å²) in [6.45, 7) is 13.9. The van der Waals surface area contributed by atoms with Gasteiger partial charge in [-0.15, -0.1) is 0 Å². The molecule has 1 heterocycles. The van der Waals surface area contributed by atoms with Crippen LogP contribution >= 0.6 is 0 Å². The van der Waals surface area contributed by atoms with Gasteiger partial charge in [-0.3, -0.25) is 9.59 Å². The topological polar surface area (TPSA) is 80.7 Å². The molecule has 3 rings (SSSR count). The molecule has 2 aromatic rings. The molecule has 1 atom stereocenters. The number of nitrogens with zero attached hydrogens (tertiary/aromatic N) is 3. The van der Waals surface area contributed by atoms with E-state index in [1.54, 1.807) is 13.8 Å². The van der Waals surface area contributed by atoms with Crippen LogP contribution in [0.1, 0.15) is 111 Å². The predicted molar refractivity (Wildman–Crippen MR) is 196 cm³/mol. The number of rotatable bonds is 20. The second kappa shape index (κ2) is 19.4. The van der Waals surface area contributed by atoms with Crippen LogP contribution in [0.15, 0.2) is 53.5 Å². The molecule has 2 aromatic carbocycles. The summed E-state index contributed by atoms with van der Waals surface area (Å²) in [6, 6.07) is 15.8. The van der Waals surface area contributed by atoms with Crippen molar-refractivity contribution in [1.82, 2.24) is 4.90 Å². The molecule has 0 N–H and O–H groups in total. The molecular weight excluding hydrogens is 602 g/mol. The summed E-state index contributed by atoms with van der Waals surface area (Å²) in [7, 11) is 3.96. The van der Waals surface area contributed by atoms with E-state index < -0.39 is 23.6 Å². The van der Waals surface area contributed by atoms with Crippen LogP contribution in [-0.2, 0) is 25.6 Å². The average molecular weight is 664 g/mol. The van der Waals surface area contributed by atoms with Gasteiger partial charge in [0.05, 0.1) is 12.3 Å². The standard InChI is InChI=1S/C40H61N3O5/c1-9-10-13-16-31(4)17-14-11-12-15-27-43(29-32-18-24-35(25-19-32)46-28-26-30(2)3)37(36-38(44)47-40(5,6)48-39(36)45)41-33-20-22-34(23-21-33)42(7)8/h18-25,30-31,36H,9-17,26-29H2,1-8H3. The van der Waals surface area contributed by atoms with Gasteiger partial charge in [-0.1, -0.05) is 91.2 Å². The molecule has 1 unspecified atom stereocenters. The highest BCUT2D eigenvalue weighted by molar-refractivity contribution is 6.17. The van der Waals surface area contributed by atoms with Crippen molar-refractivity contribution in [2.24, 2.45) is 22.7 Å². The van der Waals surface area contributed by atoms with Gasteiger partial charge >= 0.3 is 11.9 Å². The second-order valence-electron chi connectivity index (χ2n) is 14.5. The largest absolute Gasteiger partial charge is 0.494 e. The molecule has 0 aromatic heterocycles. The van der Waals surface area contributed by atoms with Gasteiger partial charge < -0.3 is 24.0 Å². The van der Waals surface area contributed by atoms with Gasteiger partial charge in [0.25, 0.3) is 5.79 Å². The van der Waals surface area contributed by atoms with Crippen molar-refractivity contribution in [2.45, 2.75) is 118 Å². The maximum absolute atomic E-state index is 13.5. The SMILES string of the molecule is CCCCCC(C)CCCCCCN(Cc1ccc(OCCC(C)C)cc1)C(=Nc1ccc(N(C)C)cc1)C1C(=O)OC(C)(C)OC1=O. The lowest BCUT2D eigenvalue weighted by atomic mass is 9.96. The fraction of sp³-hybridized carbons (Fsp3) is 0.625. The zero-order valence-electron chi connectivity index (χ0n) is 30.9. The number of esters is 2. The summed E-state index contributed by atoms with van der Waals surface area (Å²) < 4.78 is 17.2. The highest BCUT2D eigenvalue weighted by atomic mass is 16.7. The zero-order valence-corrected chi connectivity index (χ0v) is 30.9. The molecule has 0 radical (unpaired) electrons. The van der Waals surface area contributed by atoms with Crippen LogP contribution in [0.2, 0.25) is 0 Å². The lowest BCUT2D eigenvalue weighted by molar-refractivity contribution is -0.236. The number of hydrogen-bond acceptors (Lipinski definition) is 7. The molecule has 1 aliphatic rings. The minimum Gasteiger partial charge on any atom is -0.494 e. The summed E-state index contributed by atoms with van der Waals surface area (Å²) >= 11 is 0. The molecule has 0 spiro atoms. The van der Waals surface area contributed by atoms with Crippen molar-refractivity contribution in [2.75, 3.05) is 32.1 Å². The Hall–Kier alpha value is -3.55. The van der Waals surface area contributed by atoms with Crippen molar-refractivity contribution in [1.29, 1.82) is 0 Å². The van der Waals surface area contributed by atoms with Crippen LogP contribution in [-0.4, -0.2) is 55.7 Å². The molecule has 1 fully saturated rings. The van der Waals surface area contributed by atoms with E-state index in [0.29, 0.717) is 37.1 Å². The van der Waals surface area contributed by atoms with E-state index in [1.807, 2.05) is 67.5 Å². The number of carbonyl (C=O) groups excluding carboxylic acids is 2. The van der Waals surface area contributed by atoms with Gasteiger partial charge in [-0.25, -0.2) is 4.99 Å². The molecule has 1 aliphatic heterocycles. The predicted octanol–water partition coefficient (Wildman–Crippen LogP) is 9.33. The molecule has 0 saturated carbocycles. The second-order valence-corrected chi connectivity index (χ2v) is 14.5. The first-order chi connectivity index (χ1) is 22.9. The minimum absolute atomic E-state index is 0.347. The van der Waals surface area contributed by atoms with E-state index in [0.717, 1.165) is 48.6 Å². The number of amidine groups is 1. The van der Waals surface area contributed by atoms with Crippen LogP contribution in [0.4, 0.5) is 11.4 Å². The van der Waals surface area contributed by atoms with Crippen molar-refractivity contribution in [3.63, 3.8) is 0 Å². The molecule has 8 nitrogen and oxygen atoms in total. The van der Waals surface area contributed by atoms with E-state index in [2.05, 4.69) is 32.6 Å². The summed E-state index contributed by atoms with van der Waals surface area (Å²) in [6.07, 6.45) is 11.8. The van der Waals surface area contributed by atoms with Gasteiger partial charge in [0.15, 0.2) is 0 Å². The Kier molecular flexibility index (Phi) is 15.8. The van der Waals surface area contributed by atoms with Crippen LogP contribution in [0, 0.1) is 17.8 Å². The number of ether oxygens (including phenoxy) is 3. The Labute approximate surface area is 290 Å². The maximum atomic E-state index is 13.5. The van der Waals surface area contributed by atoms with E-state index in [1.165, 1.54) is 38.5 Å². The third kappa shape index (κ3) is 13.2. The number of aliphatic imine (C=N–C) groups is 1. The van der Waals surface area contributed by atoms with Gasteiger partial charge in [0.1, 0.15) is 11.6 Å². The summed E-state index contributed by atoms with van der Waals surface area (Å²) in [5.41, 5.74) is 2.71. The Morgan fingerprint density at radius 2 is 1.44 bits per heavy atom. The lowest BCUT2D eigenvalue weighted by Crippen LogP contribution is -2.52. The third-order valence-corrected chi connectivity index (χ3v) is 8.79. The summed E-state index contributed by atoms with van der Waals surface area (Å²) in [4.78, 5) is 36.0. The van der Waals surface area contributed by atoms with Crippen molar-refractivity contribution >= 4 is 29.1 Å². The number of unbranched alkanes of at least 4 members (excludes halogenated alkanes) is 5. The Morgan fingerprint density at radius 1 is 0.833 bits per heavy atom. The monoisotopic (exact) mass is 663 g/mol. The number of benzene rings is 2. The molecule has 8 heteroatoms. The first kappa shape index (κ1) is 38.9. The highest BCUT2D eigenvalue weighted by Crippen LogP contribution is 2.29. The van der Waals surface area contributed by atoms with Crippen molar-refractivity contribution in [3.8, 4) is 5.75 Å². The van der Waals surface area contributed by atoms with Crippen molar-refractivity contribution < 1.29 is 23.8 Å². The Balaban J connectivity index is 1.86. The molecular formula is C40H61N3O5. The van der Waals surface area contributed by atoms with E-state index in [-0.39, 0.29) is 0 Å². The van der Waals surface area contributed by atoms with Crippen LogP contribution in [0.3, 0.4) is 0 Å². The highest BCUT2D eigenvalue weighted by Gasteiger charge is 2.47. The minimum atomic E-state index is -1.33. The molecule has 0 aliphatic carbocycles. The van der Waals surface area contributed by atoms with Gasteiger partial charge in [-0.05, 0) is 66.6 Å². The zero-order chi connectivity index (χ0) is 35.1. The van der Waals surface area contributed by atoms with E-state index in [4.69, 9.17) is 19.2 Å². The summed E-state index contributed by atoms with van der Waals surface area (Å²) in [5, 5.41) is 0. The lowest BCUT2D eigenvalue weighted by Gasteiger charge is -2.36. The van der Waals surface area contributed by atoms with E-state index >= 15 is 0 Å². The number of hydrogen-bond donors (Lipinski definition) is 0. The van der Waals surface area contributed by atoms with Crippen molar-refractivity contribution in [3.05, 3.63) is 54.1 Å². The number of anilines is 1. The van der Waals surface area contributed by atoms with Crippen LogP contribution in [0.25, 0.3) is 0 Å². The van der Waals surface area contributed by atoms with Crippen LogP contribution < -0.4 is 9.64 Å². The van der Waals surface area contributed by atoms with Gasteiger partial charge in [0.2, 0.25) is 5.92 Å². The Bertz CT molecular complexity index is 1270. The summed E-state index contributed by atoms with van der Waals surface area (Å²) in [5.74, 6) is -1.39. The molecule has 1 saturated heterocycles. The molecule has 48 heavy (non-hydrogen) atoms. The maximum Gasteiger partial charge on any atom is 0.331 e.